The van der Waals surface area contributed by atoms with Crippen LogP contribution in [-0.2, 0) is 0 Å². The molecule has 10 heteroatoms. The van der Waals surface area contributed by atoms with E-state index in [4.69, 9.17) is 4.42 Å². The summed E-state index contributed by atoms with van der Waals surface area (Å²) in [6, 6.07) is 3.19. The second kappa shape index (κ2) is 6.94. The minimum atomic E-state index is -0.585. The van der Waals surface area contributed by atoms with Gasteiger partial charge >= 0.3 is 11.6 Å². The molecule has 1 aliphatic carbocycles. The second-order valence-corrected chi connectivity index (χ2v) is 5.36. The van der Waals surface area contributed by atoms with Crippen LogP contribution in [0.4, 0.5) is 17.3 Å². The molecule has 2 aromatic rings. The van der Waals surface area contributed by atoms with Crippen LogP contribution in [-0.4, -0.2) is 26.8 Å². The zero-order valence-electron chi connectivity index (χ0n) is 12.7. The van der Waals surface area contributed by atoms with Gasteiger partial charge in [-0.2, -0.15) is 0 Å². The largest absolute Gasteiger partial charge is 0.459 e. The Kier molecular flexibility index (Phi) is 4.54. The number of nitrogens with zero attached hydrogens (tertiary/aromatic N) is 3. The normalized spacial score (nSPS) is 14.3. The van der Waals surface area contributed by atoms with Crippen LogP contribution >= 0.6 is 0 Å². The van der Waals surface area contributed by atoms with Crippen molar-refractivity contribution in [1.82, 2.24) is 15.4 Å². The molecule has 24 heavy (non-hydrogen) atoms. The highest BCUT2D eigenvalue weighted by molar-refractivity contribution is 5.92. The van der Waals surface area contributed by atoms with Gasteiger partial charge in [0.2, 0.25) is 11.6 Å². The summed E-state index contributed by atoms with van der Waals surface area (Å²) in [5.74, 6) is -0.464. The highest BCUT2D eigenvalue weighted by Gasteiger charge is 2.26. The fourth-order valence-electron chi connectivity index (χ4n) is 2.60. The number of anilines is 2. The lowest BCUT2D eigenvalue weighted by atomic mass is 10.2. The summed E-state index contributed by atoms with van der Waals surface area (Å²) < 4.78 is 4.94. The summed E-state index contributed by atoms with van der Waals surface area (Å²) in [7, 11) is 0. The summed E-state index contributed by atoms with van der Waals surface area (Å²) in [6.45, 7) is 0. The molecule has 2 heterocycles. The number of hydrazine groups is 1. The van der Waals surface area contributed by atoms with Gasteiger partial charge in [0, 0.05) is 6.04 Å². The highest BCUT2D eigenvalue weighted by atomic mass is 16.6. The summed E-state index contributed by atoms with van der Waals surface area (Å²) in [4.78, 5) is 30.5. The third kappa shape index (κ3) is 3.42. The number of nitrogens with one attached hydrogen (secondary N) is 3. The van der Waals surface area contributed by atoms with Gasteiger partial charge in [0.1, 0.15) is 6.33 Å². The summed E-state index contributed by atoms with van der Waals surface area (Å²) >= 11 is 0. The predicted molar refractivity (Wildman–Crippen MR) is 84.4 cm³/mol. The van der Waals surface area contributed by atoms with Crippen LogP contribution in [0, 0.1) is 10.1 Å². The summed E-state index contributed by atoms with van der Waals surface area (Å²) in [5, 5.41) is 14.5. The van der Waals surface area contributed by atoms with Crippen LogP contribution in [0.5, 0.6) is 0 Å². The van der Waals surface area contributed by atoms with Gasteiger partial charge in [0.15, 0.2) is 5.76 Å². The number of carbonyl (C=O) groups excluding carboxylic acids is 1. The Morgan fingerprint density at radius 2 is 2.04 bits per heavy atom. The molecule has 0 spiro atoms. The van der Waals surface area contributed by atoms with Crippen LogP contribution in [0.15, 0.2) is 29.1 Å². The van der Waals surface area contributed by atoms with Crippen molar-refractivity contribution < 1.29 is 14.1 Å². The van der Waals surface area contributed by atoms with Gasteiger partial charge in [0.25, 0.3) is 0 Å². The molecule has 0 aliphatic heterocycles. The first-order valence-electron chi connectivity index (χ1n) is 7.51. The van der Waals surface area contributed by atoms with Crippen molar-refractivity contribution >= 4 is 23.2 Å². The Hall–Kier alpha value is -3.17. The maximum absolute atomic E-state index is 11.8. The van der Waals surface area contributed by atoms with Crippen molar-refractivity contribution in [3.05, 3.63) is 40.6 Å². The molecule has 10 nitrogen and oxygen atoms in total. The zero-order valence-corrected chi connectivity index (χ0v) is 12.7. The monoisotopic (exact) mass is 332 g/mol. The van der Waals surface area contributed by atoms with Crippen molar-refractivity contribution in [2.75, 3.05) is 10.7 Å². The van der Waals surface area contributed by atoms with Gasteiger partial charge in [-0.25, -0.2) is 9.97 Å². The average Bonchev–Trinajstić information content (AvgIpc) is 3.25. The standard InChI is InChI=1S/C14H16N6O4/c21-14(10-6-3-7-24-10)19-18-13-11(20(22)23)12(15-8-16-13)17-9-4-1-2-5-9/h3,6-9H,1-2,4-5H2,(H,19,21)(H2,15,16,17,18). The molecular formula is C14H16N6O4. The van der Waals surface area contributed by atoms with E-state index in [-0.39, 0.29) is 29.1 Å². The Morgan fingerprint density at radius 1 is 1.29 bits per heavy atom. The number of rotatable bonds is 6. The van der Waals surface area contributed by atoms with Crippen molar-refractivity contribution in [2.45, 2.75) is 31.7 Å². The molecular weight excluding hydrogens is 316 g/mol. The smallest absolute Gasteiger partial charge is 0.354 e. The molecule has 0 radical (unpaired) electrons. The number of carbonyl (C=O) groups is 1. The molecule has 0 aromatic carbocycles. The lowest BCUT2D eigenvalue weighted by molar-refractivity contribution is -0.383. The van der Waals surface area contributed by atoms with E-state index in [1.165, 1.54) is 18.7 Å². The van der Waals surface area contributed by atoms with E-state index in [9.17, 15) is 14.9 Å². The Labute approximate surface area is 136 Å². The molecule has 1 amide bonds. The predicted octanol–water partition coefficient (Wildman–Crippen LogP) is 2.09. The van der Waals surface area contributed by atoms with Crippen LogP contribution in [0.1, 0.15) is 36.2 Å². The fraction of sp³-hybridized carbons (Fsp3) is 0.357. The van der Waals surface area contributed by atoms with E-state index in [0.29, 0.717) is 0 Å². The van der Waals surface area contributed by atoms with Crippen LogP contribution in [0.3, 0.4) is 0 Å². The minimum absolute atomic E-state index is 0.0727. The van der Waals surface area contributed by atoms with Crippen molar-refractivity contribution in [2.24, 2.45) is 0 Å². The zero-order chi connectivity index (χ0) is 16.9. The molecule has 3 rings (SSSR count). The maximum atomic E-state index is 11.8. The third-order valence-corrected chi connectivity index (χ3v) is 3.74. The van der Waals surface area contributed by atoms with Gasteiger partial charge in [-0.1, -0.05) is 12.8 Å². The van der Waals surface area contributed by atoms with Crippen molar-refractivity contribution in [3.8, 4) is 0 Å². The van der Waals surface area contributed by atoms with E-state index in [1.54, 1.807) is 6.07 Å². The number of amides is 1. The molecule has 0 atom stereocenters. The lowest BCUT2D eigenvalue weighted by Crippen LogP contribution is -2.30. The second-order valence-electron chi connectivity index (χ2n) is 5.36. The highest BCUT2D eigenvalue weighted by Crippen LogP contribution is 2.31. The maximum Gasteiger partial charge on any atom is 0.354 e. The molecule has 0 unspecified atom stereocenters. The van der Waals surface area contributed by atoms with Crippen LogP contribution in [0.25, 0.3) is 0 Å². The lowest BCUT2D eigenvalue weighted by Gasteiger charge is -2.14. The number of hydrogen-bond donors (Lipinski definition) is 3. The van der Waals surface area contributed by atoms with E-state index < -0.39 is 10.8 Å². The number of furan rings is 1. The Bertz CT molecular complexity index is 727. The number of aromatic nitrogens is 2. The molecule has 3 N–H and O–H groups in total. The third-order valence-electron chi connectivity index (χ3n) is 3.74. The van der Waals surface area contributed by atoms with Crippen molar-refractivity contribution in [3.63, 3.8) is 0 Å². The number of hydrogen-bond acceptors (Lipinski definition) is 8. The first kappa shape index (κ1) is 15.7. The number of nitro groups is 1. The topological polar surface area (TPSA) is 135 Å². The fourth-order valence-corrected chi connectivity index (χ4v) is 2.60. The molecule has 1 aliphatic rings. The van der Waals surface area contributed by atoms with Gasteiger partial charge in [-0.05, 0) is 25.0 Å². The first-order chi connectivity index (χ1) is 11.6. The molecule has 126 valence electrons. The van der Waals surface area contributed by atoms with Gasteiger partial charge < -0.3 is 9.73 Å². The molecule has 0 bridgehead atoms. The SMILES string of the molecule is O=C(NNc1ncnc(NC2CCCC2)c1[N+](=O)[O-])c1ccco1. The quantitative estimate of drug-likeness (QED) is 0.540. The van der Waals surface area contributed by atoms with Gasteiger partial charge in [0.05, 0.1) is 11.2 Å². The van der Waals surface area contributed by atoms with E-state index in [0.717, 1.165) is 25.7 Å². The molecule has 2 aromatic heterocycles. The van der Waals surface area contributed by atoms with Crippen molar-refractivity contribution in [1.29, 1.82) is 0 Å². The molecule has 1 fully saturated rings. The van der Waals surface area contributed by atoms with Crippen LogP contribution < -0.4 is 16.2 Å². The Balaban J connectivity index is 1.76. The van der Waals surface area contributed by atoms with E-state index in [1.807, 2.05) is 0 Å². The average molecular weight is 332 g/mol. The molecule has 1 saturated carbocycles. The van der Waals surface area contributed by atoms with E-state index >= 15 is 0 Å². The first-order valence-corrected chi connectivity index (χ1v) is 7.51. The summed E-state index contributed by atoms with van der Waals surface area (Å²) in [5.41, 5.74) is 4.45. The Morgan fingerprint density at radius 3 is 2.71 bits per heavy atom. The molecule has 0 saturated heterocycles. The van der Waals surface area contributed by atoms with Crippen LogP contribution in [0.2, 0.25) is 0 Å². The summed E-state index contributed by atoms with van der Waals surface area (Å²) in [6.07, 6.45) is 6.61. The minimum Gasteiger partial charge on any atom is -0.459 e. The van der Waals surface area contributed by atoms with E-state index in [2.05, 4.69) is 26.1 Å². The van der Waals surface area contributed by atoms with Gasteiger partial charge in [-0.15, -0.1) is 0 Å². The van der Waals surface area contributed by atoms with Gasteiger partial charge in [-0.3, -0.25) is 25.8 Å².